The molecule has 0 spiro atoms. The largest absolute Gasteiger partial charge is 0.311 e. The normalized spacial score (nSPS) is 14.6. The highest BCUT2D eigenvalue weighted by Gasteiger charge is 2.13. The number of benzene rings is 1. The zero-order valence-electron chi connectivity index (χ0n) is 10.8. The van der Waals surface area contributed by atoms with Crippen molar-refractivity contribution in [1.82, 2.24) is 5.32 Å². The van der Waals surface area contributed by atoms with Crippen molar-refractivity contribution in [3.63, 3.8) is 0 Å². The molecule has 0 aliphatic rings. The van der Waals surface area contributed by atoms with Gasteiger partial charge in [0.15, 0.2) is 0 Å². The van der Waals surface area contributed by atoms with Crippen LogP contribution in [0.4, 0.5) is 8.78 Å². The Labute approximate surface area is 102 Å². The topological polar surface area (TPSA) is 12.0 Å². The van der Waals surface area contributed by atoms with Gasteiger partial charge in [0.1, 0.15) is 11.6 Å². The second kappa shape index (κ2) is 6.70. The highest BCUT2D eigenvalue weighted by atomic mass is 19.1. The quantitative estimate of drug-likeness (QED) is 0.801. The van der Waals surface area contributed by atoms with Crippen LogP contribution in [-0.2, 0) is 6.42 Å². The first kappa shape index (κ1) is 14.1. The molecule has 0 heterocycles. The number of rotatable bonds is 6. The zero-order chi connectivity index (χ0) is 12.8. The van der Waals surface area contributed by atoms with Crippen LogP contribution >= 0.6 is 0 Å². The van der Waals surface area contributed by atoms with Crippen molar-refractivity contribution in [3.8, 4) is 0 Å². The lowest BCUT2D eigenvalue weighted by Gasteiger charge is -2.20. The van der Waals surface area contributed by atoms with E-state index in [1.165, 1.54) is 18.2 Å². The van der Waals surface area contributed by atoms with Crippen LogP contribution < -0.4 is 5.32 Å². The van der Waals surface area contributed by atoms with Gasteiger partial charge in [-0.15, -0.1) is 0 Å². The molecule has 1 nitrogen and oxygen atoms in total. The van der Waals surface area contributed by atoms with E-state index < -0.39 is 11.6 Å². The maximum Gasteiger partial charge on any atom is 0.129 e. The van der Waals surface area contributed by atoms with Gasteiger partial charge in [0.2, 0.25) is 0 Å². The molecule has 1 aromatic rings. The highest BCUT2D eigenvalue weighted by molar-refractivity contribution is 5.20. The van der Waals surface area contributed by atoms with Gasteiger partial charge in [-0.3, -0.25) is 0 Å². The van der Waals surface area contributed by atoms with E-state index in [0.29, 0.717) is 12.5 Å². The lowest BCUT2D eigenvalue weighted by atomic mass is 10.0. The van der Waals surface area contributed by atoms with Crippen LogP contribution in [0.5, 0.6) is 0 Å². The minimum Gasteiger partial charge on any atom is -0.311 e. The molecule has 17 heavy (non-hydrogen) atoms. The molecule has 2 unspecified atom stereocenters. The fraction of sp³-hybridized carbons (Fsp3) is 0.571. The first-order valence-electron chi connectivity index (χ1n) is 6.23. The Hall–Kier alpha value is -0.960. The average Bonchev–Trinajstić information content (AvgIpc) is 2.24. The summed E-state index contributed by atoms with van der Waals surface area (Å²) in [5.74, 6) is -0.913. The van der Waals surface area contributed by atoms with Crippen LogP contribution in [0.1, 0.15) is 39.2 Å². The molecule has 0 saturated heterocycles. The molecule has 1 N–H and O–H groups in total. The second-order valence-corrected chi connectivity index (χ2v) is 4.66. The van der Waals surface area contributed by atoms with E-state index >= 15 is 0 Å². The molecular formula is C14H21F2N. The fourth-order valence-corrected chi connectivity index (χ4v) is 2.09. The van der Waals surface area contributed by atoms with Crippen LogP contribution in [0, 0.1) is 11.6 Å². The minimum atomic E-state index is -0.457. The molecule has 0 aromatic heterocycles. The van der Waals surface area contributed by atoms with Crippen LogP contribution in [-0.4, -0.2) is 12.1 Å². The molecule has 1 aromatic carbocycles. The first-order valence-corrected chi connectivity index (χ1v) is 6.23. The van der Waals surface area contributed by atoms with Gasteiger partial charge in [-0.2, -0.15) is 0 Å². The second-order valence-electron chi connectivity index (χ2n) is 4.66. The average molecular weight is 241 g/mol. The van der Waals surface area contributed by atoms with E-state index in [1.54, 1.807) is 0 Å². The summed E-state index contributed by atoms with van der Waals surface area (Å²) in [6, 6.07) is 4.46. The molecule has 0 saturated carbocycles. The number of nitrogens with one attached hydrogen (secondary N) is 1. The van der Waals surface area contributed by atoms with Crippen molar-refractivity contribution in [2.45, 2.75) is 52.1 Å². The summed E-state index contributed by atoms with van der Waals surface area (Å²) in [5.41, 5.74) is 0.177. The van der Waals surface area contributed by atoms with Crippen molar-refractivity contribution < 1.29 is 8.78 Å². The smallest absolute Gasteiger partial charge is 0.129 e. The monoisotopic (exact) mass is 241 g/mol. The Balaban J connectivity index is 2.59. The Morgan fingerprint density at radius 2 is 1.71 bits per heavy atom. The van der Waals surface area contributed by atoms with Gasteiger partial charge in [-0.05, 0) is 38.8 Å². The van der Waals surface area contributed by atoms with Crippen LogP contribution in [0.2, 0.25) is 0 Å². The third-order valence-corrected chi connectivity index (χ3v) is 2.86. The van der Waals surface area contributed by atoms with Crippen molar-refractivity contribution in [1.29, 1.82) is 0 Å². The molecule has 96 valence electrons. The number of hydrogen-bond acceptors (Lipinski definition) is 1. The van der Waals surface area contributed by atoms with Gasteiger partial charge in [-0.25, -0.2) is 8.78 Å². The van der Waals surface area contributed by atoms with Gasteiger partial charge in [0, 0.05) is 17.6 Å². The molecule has 0 aliphatic heterocycles. The Bertz CT molecular complexity index is 332. The van der Waals surface area contributed by atoms with E-state index in [2.05, 4.69) is 19.2 Å². The maximum atomic E-state index is 13.4. The molecule has 0 radical (unpaired) electrons. The van der Waals surface area contributed by atoms with Gasteiger partial charge in [0.05, 0.1) is 0 Å². The lowest BCUT2D eigenvalue weighted by molar-refractivity contribution is 0.429. The predicted octanol–water partition coefficient (Wildman–Crippen LogP) is 3.67. The number of halogens is 2. The molecule has 0 bridgehead atoms. The Kier molecular flexibility index (Phi) is 5.56. The standard InChI is InChI=1S/C14H21F2N/c1-4-6-10(2)17-11(3)9-12-13(15)7-5-8-14(12)16/h5,7-8,10-11,17H,4,6,9H2,1-3H3. The summed E-state index contributed by atoms with van der Waals surface area (Å²) in [4.78, 5) is 0. The van der Waals surface area contributed by atoms with Crippen LogP contribution in [0.25, 0.3) is 0 Å². The van der Waals surface area contributed by atoms with E-state index in [9.17, 15) is 8.78 Å². The summed E-state index contributed by atoms with van der Waals surface area (Å²) in [5, 5.41) is 3.35. The molecular weight excluding hydrogens is 220 g/mol. The first-order chi connectivity index (χ1) is 8.04. The summed E-state index contributed by atoms with van der Waals surface area (Å²) in [6.45, 7) is 6.18. The van der Waals surface area contributed by atoms with Gasteiger partial charge in [-0.1, -0.05) is 19.4 Å². The number of hydrogen-bond donors (Lipinski definition) is 1. The molecule has 0 amide bonds. The SMILES string of the molecule is CCCC(C)NC(C)Cc1c(F)cccc1F. The third-order valence-electron chi connectivity index (χ3n) is 2.86. The molecule has 2 atom stereocenters. The Morgan fingerprint density at radius 1 is 1.12 bits per heavy atom. The van der Waals surface area contributed by atoms with Crippen molar-refractivity contribution in [2.24, 2.45) is 0 Å². The molecule has 1 rings (SSSR count). The Morgan fingerprint density at radius 3 is 2.24 bits per heavy atom. The van der Waals surface area contributed by atoms with Crippen LogP contribution in [0.15, 0.2) is 18.2 Å². The van der Waals surface area contributed by atoms with E-state index in [0.717, 1.165) is 12.8 Å². The fourth-order valence-electron chi connectivity index (χ4n) is 2.09. The summed E-state index contributed by atoms with van der Waals surface area (Å²) in [6.07, 6.45) is 2.56. The summed E-state index contributed by atoms with van der Waals surface area (Å²) in [7, 11) is 0. The molecule has 0 aliphatic carbocycles. The predicted molar refractivity (Wildman–Crippen MR) is 67.0 cm³/mol. The molecule has 3 heteroatoms. The summed E-state index contributed by atoms with van der Waals surface area (Å²) >= 11 is 0. The lowest BCUT2D eigenvalue weighted by Crippen LogP contribution is -2.36. The highest BCUT2D eigenvalue weighted by Crippen LogP contribution is 2.14. The van der Waals surface area contributed by atoms with Crippen LogP contribution in [0.3, 0.4) is 0 Å². The van der Waals surface area contributed by atoms with Gasteiger partial charge < -0.3 is 5.32 Å². The summed E-state index contributed by atoms with van der Waals surface area (Å²) < 4.78 is 26.9. The van der Waals surface area contributed by atoms with Gasteiger partial charge >= 0.3 is 0 Å². The van der Waals surface area contributed by atoms with E-state index in [1.807, 2.05) is 6.92 Å². The molecule has 0 fully saturated rings. The third kappa shape index (κ3) is 4.43. The zero-order valence-corrected chi connectivity index (χ0v) is 10.8. The van der Waals surface area contributed by atoms with Gasteiger partial charge in [0.25, 0.3) is 0 Å². The van der Waals surface area contributed by atoms with E-state index in [-0.39, 0.29) is 11.6 Å². The van der Waals surface area contributed by atoms with Crippen molar-refractivity contribution in [3.05, 3.63) is 35.4 Å². The van der Waals surface area contributed by atoms with Crippen molar-refractivity contribution in [2.75, 3.05) is 0 Å². The maximum absolute atomic E-state index is 13.4. The van der Waals surface area contributed by atoms with E-state index in [4.69, 9.17) is 0 Å². The minimum absolute atomic E-state index is 0.0722. The van der Waals surface area contributed by atoms with Crippen molar-refractivity contribution >= 4 is 0 Å².